The van der Waals surface area contributed by atoms with E-state index < -0.39 is 0 Å². The largest absolute Gasteiger partial charge is 0.388 e. The highest BCUT2D eigenvalue weighted by Crippen LogP contribution is 2.23. The van der Waals surface area contributed by atoms with E-state index in [-0.39, 0.29) is 0 Å². The maximum Gasteiger partial charge on any atom is 0.0336 e. The maximum absolute atomic E-state index is 3.64. The quantitative estimate of drug-likeness (QED) is 0.282. The zero-order valence-electron chi connectivity index (χ0n) is 25.6. The molecule has 0 atom stereocenters. The van der Waals surface area contributed by atoms with E-state index >= 15 is 0 Å². The van der Waals surface area contributed by atoms with Gasteiger partial charge in [-0.15, -0.1) is 0 Å². The minimum absolute atomic E-state index is 1.02. The molecule has 0 bridgehead atoms. The summed E-state index contributed by atoms with van der Waals surface area (Å²) in [7, 11) is 0. The molecule has 0 fully saturated rings. The molecule has 0 saturated carbocycles. The summed E-state index contributed by atoms with van der Waals surface area (Å²) in [4.78, 5) is 0. The lowest BCUT2D eigenvalue weighted by atomic mass is 9.97. The van der Waals surface area contributed by atoms with Crippen LogP contribution in [0.5, 0.6) is 0 Å². The molecule has 0 spiro atoms. The van der Waals surface area contributed by atoms with Gasteiger partial charge in [-0.1, -0.05) is 109 Å². The van der Waals surface area contributed by atoms with Crippen LogP contribution < -0.4 is 10.6 Å². The topological polar surface area (TPSA) is 24.1 Å². The first-order valence-electron chi connectivity index (χ1n) is 14.0. The summed E-state index contributed by atoms with van der Waals surface area (Å²) in [5.41, 5.74) is 7.61. The van der Waals surface area contributed by atoms with Crippen LogP contribution in [0.4, 0.5) is 0 Å². The summed E-state index contributed by atoms with van der Waals surface area (Å²) in [6.07, 6.45) is 17.8. The van der Waals surface area contributed by atoms with Crippen molar-refractivity contribution in [3.05, 3.63) is 101 Å². The van der Waals surface area contributed by atoms with Gasteiger partial charge in [-0.2, -0.15) is 0 Å². The summed E-state index contributed by atoms with van der Waals surface area (Å²) in [6.45, 7) is 28.6. The number of allylic oxidation sites excluding steroid dienone is 10. The molecule has 1 aromatic rings. The third kappa shape index (κ3) is 19.6. The van der Waals surface area contributed by atoms with Crippen molar-refractivity contribution in [2.45, 2.75) is 95.4 Å². The van der Waals surface area contributed by atoms with Crippen molar-refractivity contribution in [2.24, 2.45) is 0 Å². The standard InChI is InChI=1S/C20H29N.C10H17N.2C2H6/c1-6-15-21-19(7-2)14-11-17(5)20(8-3)18-12-9-16(4)10-13-18;1-4-7-10(8-5-2)11-9-6-3;2*1-2/h8-14,21H,6-7,15H2,1-5H3;4-5,7-8,11H,1,6,9H2,2-3H3;2*1-2H3/b17-11+,19-14+,20-8?;8-5?,10-7+;;. The predicted molar refractivity (Wildman–Crippen MR) is 169 cm³/mol. The van der Waals surface area contributed by atoms with Crippen LogP contribution in [0.15, 0.2) is 90.3 Å². The van der Waals surface area contributed by atoms with Gasteiger partial charge in [0.2, 0.25) is 0 Å². The number of nitrogens with one attached hydrogen (secondary N) is 2. The van der Waals surface area contributed by atoms with Gasteiger partial charge in [0.15, 0.2) is 0 Å². The van der Waals surface area contributed by atoms with Gasteiger partial charge in [0.05, 0.1) is 0 Å². The molecule has 0 saturated heterocycles. The molecule has 0 aliphatic heterocycles. The molecule has 0 aliphatic rings. The first kappa shape index (κ1) is 37.8. The maximum atomic E-state index is 3.64. The summed E-state index contributed by atoms with van der Waals surface area (Å²) >= 11 is 0. The molecular weight excluding hydrogens is 436 g/mol. The molecule has 1 aromatic carbocycles. The molecule has 0 amide bonds. The van der Waals surface area contributed by atoms with Gasteiger partial charge >= 0.3 is 0 Å². The van der Waals surface area contributed by atoms with Crippen molar-refractivity contribution in [2.75, 3.05) is 13.1 Å². The van der Waals surface area contributed by atoms with Crippen LogP contribution in [0, 0.1) is 6.92 Å². The van der Waals surface area contributed by atoms with Crippen LogP contribution in [0.3, 0.4) is 0 Å². The monoisotopic (exact) mass is 494 g/mol. The van der Waals surface area contributed by atoms with Crippen molar-refractivity contribution >= 4 is 5.57 Å². The van der Waals surface area contributed by atoms with E-state index in [2.05, 4.69) is 101 Å². The average molecular weight is 495 g/mol. The average Bonchev–Trinajstić information content (AvgIpc) is 2.92. The second kappa shape index (κ2) is 28.5. The van der Waals surface area contributed by atoms with Gasteiger partial charge in [-0.3, -0.25) is 0 Å². The van der Waals surface area contributed by atoms with Crippen molar-refractivity contribution < 1.29 is 0 Å². The van der Waals surface area contributed by atoms with Crippen molar-refractivity contribution in [3.63, 3.8) is 0 Å². The molecule has 2 nitrogen and oxygen atoms in total. The smallest absolute Gasteiger partial charge is 0.0336 e. The lowest BCUT2D eigenvalue weighted by Crippen LogP contribution is -2.13. The molecule has 1 rings (SSSR count). The first-order valence-corrected chi connectivity index (χ1v) is 14.0. The van der Waals surface area contributed by atoms with E-state index in [4.69, 9.17) is 0 Å². The van der Waals surface area contributed by atoms with Gasteiger partial charge in [0.1, 0.15) is 0 Å². The Hall–Kier alpha value is -2.74. The van der Waals surface area contributed by atoms with Crippen LogP contribution in [0.1, 0.15) is 99.6 Å². The summed E-state index contributed by atoms with van der Waals surface area (Å²) < 4.78 is 0. The van der Waals surface area contributed by atoms with Gasteiger partial charge in [0.25, 0.3) is 0 Å². The Bertz CT molecular complexity index is 787. The highest BCUT2D eigenvalue weighted by atomic mass is 14.9. The van der Waals surface area contributed by atoms with E-state index in [1.807, 2.05) is 52.8 Å². The van der Waals surface area contributed by atoms with E-state index in [1.54, 1.807) is 6.08 Å². The molecule has 0 heterocycles. The molecular formula is C34H58N2. The Labute approximate surface area is 226 Å². The van der Waals surface area contributed by atoms with Crippen LogP contribution in [0.25, 0.3) is 5.57 Å². The summed E-state index contributed by atoms with van der Waals surface area (Å²) in [6, 6.07) is 8.73. The first-order chi connectivity index (χ1) is 17.5. The number of aryl methyl sites for hydroxylation is 1. The van der Waals surface area contributed by atoms with Crippen LogP contribution in [-0.4, -0.2) is 13.1 Å². The SMILES string of the molecule is C=C/C=C(\C=CC)NCCC.CC.CC.CC=C(/C(C)=C/C=C(\CC)NCCC)c1ccc(C)cc1. The highest BCUT2D eigenvalue weighted by molar-refractivity contribution is 5.78. The van der Waals surface area contributed by atoms with E-state index in [0.29, 0.717) is 0 Å². The van der Waals surface area contributed by atoms with Gasteiger partial charge < -0.3 is 10.6 Å². The van der Waals surface area contributed by atoms with Crippen LogP contribution in [-0.2, 0) is 0 Å². The third-order valence-electron chi connectivity index (χ3n) is 4.82. The van der Waals surface area contributed by atoms with Crippen molar-refractivity contribution in [3.8, 4) is 0 Å². The molecule has 0 aromatic heterocycles. The lowest BCUT2D eigenvalue weighted by molar-refractivity contribution is 0.742. The van der Waals surface area contributed by atoms with E-state index in [0.717, 1.165) is 38.0 Å². The molecule has 2 heteroatoms. The van der Waals surface area contributed by atoms with Crippen molar-refractivity contribution in [1.82, 2.24) is 10.6 Å². The molecule has 204 valence electrons. The van der Waals surface area contributed by atoms with Gasteiger partial charge in [-0.25, -0.2) is 0 Å². The zero-order valence-corrected chi connectivity index (χ0v) is 25.6. The molecule has 2 N–H and O–H groups in total. The Balaban J connectivity index is -0.000000613. The second-order valence-corrected chi connectivity index (χ2v) is 7.67. The molecule has 0 radical (unpaired) electrons. The normalized spacial score (nSPS) is 11.9. The Morgan fingerprint density at radius 3 is 1.83 bits per heavy atom. The second-order valence-electron chi connectivity index (χ2n) is 7.67. The van der Waals surface area contributed by atoms with E-state index in [9.17, 15) is 0 Å². The minimum Gasteiger partial charge on any atom is -0.388 e. The Morgan fingerprint density at radius 2 is 1.39 bits per heavy atom. The molecule has 0 unspecified atom stereocenters. The number of rotatable bonds is 12. The fourth-order valence-electron chi connectivity index (χ4n) is 3.01. The number of hydrogen-bond donors (Lipinski definition) is 2. The number of hydrogen-bond acceptors (Lipinski definition) is 2. The Kier molecular flexibility index (Phi) is 29.9. The van der Waals surface area contributed by atoms with Crippen LogP contribution in [0.2, 0.25) is 0 Å². The van der Waals surface area contributed by atoms with Gasteiger partial charge in [-0.05, 0) is 81.9 Å². The minimum atomic E-state index is 1.02. The van der Waals surface area contributed by atoms with Gasteiger partial charge in [0, 0.05) is 24.5 Å². The lowest BCUT2D eigenvalue weighted by Gasteiger charge is -2.10. The number of benzene rings is 1. The highest BCUT2D eigenvalue weighted by Gasteiger charge is 2.02. The third-order valence-corrected chi connectivity index (χ3v) is 4.82. The summed E-state index contributed by atoms with van der Waals surface area (Å²) in [5, 5.41) is 6.75. The zero-order chi connectivity index (χ0) is 28.2. The predicted octanol–water partition coefficient (Wildman–Crippen LogP) is 10.3. The molecule has 0 aliphatic carbocycles. The fourth-order valence-corrected chi connectivity index (χ4v) is 3.01. The Morgan fingerprint density at radius 1 is 0.833 bits per heavy atom. The molecule has 36 heavy (non-hydrogen) atoms. The van der Waals surface area contributed by atoms with E-state index in [1.165, 1.54) is 28.0 Å². The summed E-state index contributed by atoms with van der Waals surface area (Å²) in [5.74, 6) is 0. The fraction of sp³-hybridized carbons (Fsp3) is 0.471. The van der Waals surface area contributed by atoms with Crippen LogP contribution >= 0.6 is 0 Å². The van der Waals surface area contributed by atoms with Crippen molar-refractivity contribution in [1.29, 1.82) is 0 Å².